The van der Waals surface area contributed by atoms with Crippen molar-refractivity contribution in [3.8, 4) is 11.1 Å². The van der Waals surface area contributed by atoms with Gasteiger partial charge in [0.15, 0.2) is 0 Å². The Hall–Kier alpha value is -4.87. The number of carbonyl (C=O) groups is 3. The summed E-state index contributed by atoms with van der Waals surface area (Å²) < 4.78 is 15.7. The van der Waals surface area contributed by atoms with Gasteiger partial charge in [0.1, 0.15) is 12.2 Å². The van der Waals surface area contributed by atoms with Crippen molar-refractivity contribution >= 4 is 24.0 Å². The molecule has 0 bridgehead atoms. The molecular weight excluding hydrogens is 566 g/mol. The average molecular weight is 606 g/mol. The first-order valence-corrected chi connectivity index (χ1v) is 14.5. The standard InChI is InChI=1S/C32H39N5O7/c1-32(2,3)44-31(41)37-16-8-11-22(19-37)17-26(34-30(40)43-20-21-9-6-5-7-10-21)27-18-25(28(38)36-35-27)23-12-14-24(15-13-23)33-29(39)42-4/h5-7,9-10,12-15,18,22,26H,8,11,16-17,19-20H2,1-4H3,(H,33,39)(H,34,40)(H,36,38)/t22?,26-/m0/s1. The molecule has 1 aromatic heterocycles. The summed E-state index contributed by atoms with van der Waals surface area (Å²) in [6.07, 6.45) is 0.449. The molecule has 1 aliphatic rings. The highest BCUT2D eigenvalue weighted by molar-refractivity contribution is 5.85. The van der Waals surface area contributed by atoms with Crippen LogP contribution >= 0.6 is 0 Å². The van der Waals surface area contributed by atoms with Gasteiger partial charge < -0.3 is 24.4 Å². The van der Waals surface area contributed by atoms with E-state index < -0.39 is 29.4 Å². The van der Waals surface area contributed by atoms with E-state index in [1.165, 1.54) is 7.11 Å². The second-order valence-electron chi connectivity index (χ2n) is 11.7. The van der Waals surface area contributed by atoms with Crippen LogP contribution in [0.4, 0.5) is 20.1 Å². The molecule has 44 heavy (non-hydrogen) atoms. The Kier molecular flexibility index (Phi) is 10.6. The summed E-state index contributed by atoms with van der Waals surface area (Å²) in [6, 6.07) is 17.0. The first kappa shape index (κ1) is 32.1. The number of H-pyrrole nitrogens is 1. The van der Waals surface area contributed by atoms with Gasteiger partial charge in [0.25, 0.3) is 5.56 Å². The maximum atomic E-state index is 13.0. The van der Waals surface area contributed by atoms with Gasteiger partial charge in [-0.25, -0.2) is 19.5 Å². The van der Waals surface area contributed by atoms with Crippen LogP contribution < -0.4 is 16.2 Å². The summed E-state index contributed by atoms with van der Waals surface area (Å²) in [5.74, 6) is 0.0246. The first-order valence-electron chi connectivity index (χ1n) is 14.5. The molecular formula is C32H39N5O7. The molecule has 12 nitrogen and oxygen atoms in total. The second-order valence-corrected chi connectivity index (χ2v) is 11.7. The summed E-state index contributed by atoms with van der Waals surface area (Å²) in [5, 5.41) is 12.3. The van der Waals surface area contributed by atoms with Gasteiger partial charge in [0.2, 0.25) is 0 Å². The number of rotatable bonds is 8. The second kappa shape index (κ2) is 14.5. The van der Waals surface area contributed by atoms with Gasteiger partial charge in [0.05, 0.1) is 24.4 Å². The predicted octanol–water partition coefficient (Wildman–Crippen LogP) is 5.62. The monoisotopic (exact) mass is 605 g/mol. The lowest BCUT2D eigenvalue weighted by molar-refractivity contribution is 0.0154. The summed E-state index contributed by atoms with van der Waals surface area (Å²) in [7, 11) is 1.27. The van der Waals surface area contributed by atoms with Crippen LogP contribution in [0.1, 0.15) is 57.3 Å². The zero-order valence-corrected chi connectivity index (χ0v) is 25.4. The molecule has 3 N–H and O–H groups in total. The van der Waals surface area contributed by atoms with E-state index in [-0.39, 0.29) is 18.6 Å². The fraction of sp³-hybridized carbons (Fsp3) is 0.406. The Morgan fingerprint density at radius 3 is 2.48 bits per heavy atom. The minimum atomic E-state index is -0.633. The number of nitrogens with one attached hydrogen (secondary N) is 3. The van der Waals surface area contributed by atoms with Crippen LogP contribution in [0.5, 0.6) is 0 Å². The van der Waals surface area contributed by atoms with E-state index in [2.05, 4.69) is 25.6 Å². The SMILES string of the molecule is COC(=O)Nc1ccc(-c2cc([C@H](CC3CCCN(C(=O)OC(C)(C)C)C3)NC(=O)OCc3ccccc3)n[nH]c2=O)cc1. The number of amides is 3. The van der Waals surface area contributed by atoms with E-state index >= 15 is 0 Å². The predicted molar refractivity (Wildman–Crippen MR) is 164 cm³/mol. The normalized spacial score (nSPS) is 15.5. The number of alkyl carbamates (subject to hydrolysis) is 1. The molecule has 1 fully saturated rings. The van der Waals surface area contributed by atoms with Crippen molar-refractivity contribution in [2.75, 3.05) is 25.5 Å². The lowest BCUT2D eigenvalue weighted by atomic mass is 9.90. The van der Waals surface area contributed by atoms with Crippen molar-refractivity contribution in [1.82, 2.24) is 20.4 Å². The molecule has 1 aliphatic heterocycles. The third-order valence-electron chi connectivity index (χ3n) is 7.05. The highest BCUT2D eigenvalue weighted by atomic mass is 16.6. The summed E-state index contributed by atoms with van der Waals surface area (Å²) >= 11 is 0. The topological polar surface area (TPSA) is 152 Å². The van der Waals surface area contributed by atoms with Crippen molar-refractivity contribution in [2.45, 2.75) is 58.3 Å². The van der Waals surface area contributed by atoms with Crippen molar-refractivity contribution in [2.24, 2.45) is 5.92 Å². The zero-order chi connectivity index (χ0) is 31.7. The number of likely N-dealkylation sites (tertiary alicyclic amines) is 1. The largest absolute Gasteiger partial charge is 0.453 e. The van der Waals surface area contributed by atoms with Crippen LogP contribution in [-0.2, 0) is 20.8 Å². The molecule has 234 valence electrons. The van der Waals surface area contributed by atoms with Gasteiger partial charge in [-0.1, -0.05) is 42.5 Å². The Labute approximate surface area is 256 Å². The highest BCUT2D eigenvalue weighted by Crippen LogP contribution is 2.29. The van der Waals surface area contributed by atoms with Crippen LogP contribution in [0.25, 0.3) is 11.1 Å². The molecule has 2 aromatic carbocycles. The molecule has 0 saturated carbocycles. The minimum Gasteiger partial charge on any atom is -0.453 e. The van der Waals surface area contributed by atoms with Crippen LogP contribution in [-0.4, -0.2) is 59.2 Å². The van der Waals surface area contributed by atoms with Gasteiger partial charge in [0, 0.05) is 18.8 Å². The first-order chi connectivity index (χ1) is 21.0. The van der Waals surface area contributed by atoms with Gasteiger partial charge in [-0.3, -0.25) is 10.1 Å². The lowest BCUT2D eigenvalue weighted by Gasteiger charge is -2.35. The highest BCUT2D eigenvalue weighted by Gasteiger charge is 2.31. The third kappa shape index (κ3) is 9.32. The summed E-state index contributed by atoms with van der Waals surface area (Å²) in [4.78, 5) is 51.8. The Balaban J connectivity index is 1.55. The van der Waals surface area contributed by atoms with E-state index in [1.54, 1.807) is 35.2 Å². The van der Waals surface area contributed by atoms with E-state index in [1.807, 2.05) is 51.1 Å². The fourth-order valence-electron chi connectivity index (χ4n) is 4.96. The number of benzene rings is 2. The van der Waals surface area contributed by atoms with Gasteiger partial charge in [-0.15, -0.1) is 0 Å². The molecule has 0 radical (unpaired) electrons. The van der Waals surface area contributed by atoms with Crippen LogP contribution in [0.3, 0.4) is 0 Å². The number of methoxy groups -OCH3 is 1. The van der Waals surface area contributed by atoms with Crippen LogP contribution in [0.15, 0.2) is 65.5 Å². The summed E-state index contributed by atoms with van der Waals surface area (Å²) in [6.45, 7) is 6.62. The van der Waals surface area contributed by atoms with E-state index in [0.717, 1.165) is 18.4 Å². The van der Waals surface area contributed by atoms with E-state index in [0.29, 0.717) is 42.0 Å². The molecule has 3 amide bonds. The number of hydrogen-bond acceptors (Lipinski definition) is 8. The molecule has 12 heteroatoms. The van der Waals surface area contributed by atoms with E-state index in [4.69, 9.17) is 9.47 Å². The number of aromatic nitrogens is 2. The number of anilines is 1. The number of aromatic amines is 1. The van der Waals surface area contributed by atoms with Crippen molar-refractivity contribution in [3.63, 3.8) is 0 Å². The Morgan fingerprint density at radius 2 is 1.80 bits per heavy atom. The molecule has 4 rings (SSSR count). The molecule has 2 heterocycles. The van der Waals surface area contributed by atoms with E-state index in [9.17, 15) is 19.2 Å². The van der Waals surface area contributed by atoms with Crippen molar-refractivity contribution < 1.29 is 28.6 Å². The molecule has 2 atom stereocenters. The van der Waals surface area contributed by atoms with Crippen molar-refractivity contribution in [3.05, 3.63) is 82.3 Å². The van der Waals surface area contributed by atoms with Gasteiger partial charge >= 0.3 is 18.3 Å². The van der Waals surface area contributed by atoms with Crippen LogP contribution in [0.2, 0.25) is 0 Å². The van der Waals surface area contributed by atoms with Gasteiger partial charge in [-0.05, 0) is 75.3 Å². The number of carbonyl (C=O) groups excluding carboxylic acids is 3. The fourth-order valence-corrected chi connectivity index (χ4v) is 4.96. The maximum Gasteiger partial charge on any atom is 0.411 e. The zero-order valence-electron chi connectivity index (χ0n) is 25.4. The van der Waals surface area contributed by atoms with Crippen LogP contribution in [0, 0.1) is 5.92 Å². The minimum absolute atomic E-state index is 0.0246. The number of nitrogens with zero attached hydrogens (tertiary/aromatic N) is 2. The Bertz CT molecular complexity index is 1490. The lowest BCUT2D eigenvalue weighted by Crippen LogP contribution is -2.44. The smallest absolute Gasteiger partial charge is 0.411 e. The molecule has 0 spiro atoms. The summed E-state index contributed by atoms with van der Waals surface area (Å²) in [5.41, 5.74) is 1.67. The number of ether oxygens (including phenoxy) is 3. The third-order valence-corrected chi connectivity index (χ3v) is 7.05. The Morgan fingerprint density at radius 1 is 1.07 bits per heavy atom. The molecule has 1 unspecified atom stereocenters. The molecule has 3 aromatic rings. The molecule has 1 saturated heterocycles. The maximum absolute atomic E-state index is 13.0. The number of piperidine rings is 1. The van der Waals surface area contributed by atoms with Crippen molar-refractivity contribution in [1.29, 1.82) is 0 Å². The molecule has 0 aliphatic carbocycles. The number of hydrogen-bond donors (Lipinski definition) is 3. The van der Waals surface area contributed by atoms with Gasteiger partial charge in [-0.2, -0.15) is 5.10 Å². The average Bonchev–Trinajstić information content (AvgIpc) is 3.00. The quantitative estimate of drug-likeness (QED) is 0.280.